The van der Waals surface area contributed by atoms with Gasteiger partial charge in [0.2, 0.25) is 5.91 Å². The molecule has 0 saturated carbocycles. The number of benzene rings is 4. The predicted octanol–water partition coefficient (Wildman–Crippen LogP) is 7.36. The number of likely N-dealkylation sites (tertiary alicyclic amines) is 2. The number of fused-ring (bicyclic) bond motifs is 3. The van der Waals surface area contributed by atoms with E-state index in [0.717, 1.165) is 57.0 Å². The Labute approximate surface area is 352 Å². The fraction of sp³-hybridized carbons (Fsp3) is 0.348. The van der Waals surface area contributed by atoms with Crippen LogP contribution in [0.3, 0.4) is 0 Å². The van der Waals surface area contributed by atoms with Crippen molar-refractivity contribution in [2.45, 2.75) is 57.3 Å². The van der Waals surface area contributed by atoms with E-state index in [4.69, 9.17) is 19.4 Å². The number of methoxy groups -OCH3 is 2. The molecule has 0 radical (unpaired) electrons. The highest BCUT2D eigenvalue weighted by atomic mass is 16.5. The highest BCUT2D eigenvalue weighted by Gasteiger charge is 2.41. The lowest BCUT2D eigenvalue weighted by Crippen LogP contribution is -2.51. The van der Waals surface area contributed by atoms with Crippen LogP contribution < -0.4 is 10.6 Å². The number of alkyl carbamates (subject to hydrolysis) is 1. The molecular formula is C46H50N8O7. The molecule has 0 aliphatic carbocycles. The van der Waals surface area contributed by atoms with Crippen LogP contribution in [0.1, 0.15) is 68.4 Å². The summed E-state index contributed by atoms with van der Waals surface area (Å²) in [6.07, 6.45) is 2.10. The zero-order valence-corrected chi connectivity index (χ0v) is 34.6. The first-order chi connectivity index (χ1) is 29.5. The summed E-state index contributed by atoms with van der Waals surface area (Å²) < 4.78 is 10.3. The Hall–Kier alpha value is -6.74. The second kappa shape index (κ2) is 17.5. The molecule has 4 aromatic carbocycles. The van der Waals surface area contributed by atoms with Gasteiger partial charge < -0.3 is 45.0 Å². The quantitative estimate of drug-likeness (QED) is 0.0838. The van der Waals surface area contributed by atoms with Gasteiger partial charge in [0.1, 0.15) is 23.7 Å². The summed E-state index contributed by atoms with van der Waals surface area (Å²) in [5, 5.41) is 16.8. The molecule has 5 atom stereocenters. The van der Waals surface area contributed by atoms with Crippen LogP contribution in [0.4, 0.5) is 9.59 Å². The van der Waals surface area contributed by atoms with E-state index in [-0.39, 0.29) is 29.7 Å². The van der Waals surface area contributed by atoms with E-state index in [1.807, 2.05) is 38.1 Å². The van der Waals surface area contributed by atoms with Crippen LogP contribution in [-0.4, -0.2) is 98.8 Å². The summed E-state index contributed by atoms with van der Waals surface area (Å²) in [6, 6.07) is 25.1. The van der Waals surface area contributed by atoms with Crippen LogP contribution >= 0.6 is 0 Å². The van der Waals surface area contributed by atoms with E-state index in [9.17, 15) is 24.3 Å². The number of carboxylic acid groups (broad SMARTS) is 1. The molecule has 15 heteroatoms. The van der Waals surface area contributed by atoms with Crippen molar-refractivity contribution in [1.29, 1.82) is 0 Å². The van der Waals surface area contributed by atoms with E-state index in [0.29, 0.717) is 43.3 Å². The number of ether oxygens (including phenoxy) is 2. The minimum Gasteiger partial charge on any atom is -0.465 e. The third kappa shape index (κ3) is 8.38. The summed E-state index contributed by atoms with van der Waals surface area (Å²) in [5.74, 6) is 0.783. The molecule has 0 spiro atoms. The maximum Gasteiger partial charge on any atom is 0.407 e. The van der Waals surface area contributed by atoms with Crippen LogP contribution in [0, 0.1) is 11.8 Å². The third-order valence-electron chi connectivity index (χ3n) is 11.9. The molecule has 4 amide bonds. The van der Waals surface area contributed by atoms with Crippen molar-refractivity contribution >= 4 is 45.8 Å². The van der Waals surface area contributed by atoms with Gasteiger partial charge in [0.25, 0.3) is 5.91 Å². The van der Waals surface area contributed by atoms with Crippen LogP contribution in [0.5, 0.6) is 0 Å². The lowest BCUT2D eigenvalue weighted by Gasteiger charge is -2.30. The molecule has 2 aliphatic heterocycles. The van der Waals surface area contributed by atoms with Crippen molar-refractivity contribution in [2.75, 3.05) is 33.9 Å². The van der Waals surface area contributed by atoms with Crippen molar-refractivity contribution in [3.8, 4) is 22.4 Å². The average molecular weight is 827 g/mol. The molecule has 2 saturated heterocycles. The van der Waals surface area contributed by atoms with Crippen LogP contribution in [0.15, 0.2) is 91.1 Å². The number of aromatic nitrogens is 4. The van der Waals surface area contributed by atoms with E-state index < -0.39 is 30.3 Å². The van der Waals surface area contributed by atoms with E-state index in [2.05, 4.69) is 57.0 Å². The summed E-state index contributed by atoms with van der Waals surface area (Å²) in [4.78, 5) is 71.8. The third-order valence-corrected chi connectivity index (χ3v) is 11.9. The van der Waals surface area contributed by atoms with Gasteiger partial charge in [-0.05, 0) is 65.0 Å². The maximum absolute atomic E-state index is 14.2. The topological polar surface area (TPSA) is 195 Å². The molecule has 2 aromatic heterocycles. The number of carbonyl (C=O) groups excluding carboxylic acids is 3. The Kier molecular flexibility index (Phi) is 11.7. The predicted molar refractivity (Wildman–Crippen MR) is 229 cm³/mol. The summed E-state index contributed by atoms with van der Waals surface area (Å²) >= 11 is 0. The normalized spacial score (nSPS) is 18.7. The number of imidazole rings is 2. The molecule has 2 fully saturated rings. The molecule has 5 N–H and O–H groups in total. The fourth-order valence-electron chi connectivity index (χ4n) is 8.85. The van der Waals surface area contributed by atoms with E-state index >= 15 is 0 Å². The molecule has 6 aromatic rings. The van der Waals surface area contributed by atoms with Crippen LogP contribution in [-0.2, 0) is 19.1 Å². The van der Waals surface area contributed by atoms with Gasteiger partial charge in [-0.25, -0.2) is 19.6 Å². The molecule has 316 valence electrons. The Morgan fingerprint density at radius 2 is 1.61 bits per heavy atom. The molecule has 8 rings (SSSR count). The van der Waals surface area contributed by atoms with Crippen LogP contribution in [0.2, 0.25) is 0 Å². The second-order valence-electron chi connectivity index (χ2n) is 16.2. The molecule has 4 heterocycles. The lowest BCUT2D eigenvalue weighted by atomic mass is 9.99. The minimum atomic E-state index is -1.28. The number of nitrogens with zero attached hydrogens (tertiary/aromatic N) is 4. The number of rotatable bonds is 12. The highest BCUT2D eigenvalue weighted by Crippen LogP contribution is 2.39. The van der Waals surface area contributed by atoms with Gasteiger partial charge in [-0.1, -0.05) is 86.6 Å². The van der Waals surface area contributed by atoms with Crippen molar-refractivity contribution in [3.63, 3.8) is 0 Å². The standard InChI is InChI=1S/C46H50N8O7/c1-26(2)38(52-46(59)61-4)43(55)53-20-8-11-36(53)41-47-23-35(49-41)29-14-12-28(13-15-29)31-16-18-33-32(22-31)17-19-34-40(33)50-42(48-34)37-21-27(25-60-3)24-54(37)44(56)39(51-45(57)58)30-9-6-5-7-10-30/h5-7,9-10,12-19,22-23,26-27,36-39,51H,8,11,20-21,24-25H2,1-4H3,(H,47,49)(H,48,50)(H,52,59)(H,57,58)/t27-,36-,37-,38-,39+/m0/s1. The van der Waals surface area contributed by atoms with Crippen molar-refractivity contribution < 1.29 is 33.8 Å². The van der Waals surface area contributed by atoms with E-state index in [1.54, 1.807) is 47.4 Å². The first kappa shape index (κ1) is 41.0. The number of amides is 4. The Bertz CT molecular complexity index is 2550. The van der Waals surface area contributed by atoms with E-state index in [1.165, 1.54) is 7.11 Å². The highest BCUT2D eigenvalue weighted by molar-refractivity contribution is 6.05. The number of carbonyl (C=O) groups is 4. The van der Waals surface area contributed by atoms with Crippen molar-refractivity contribution in [3.05, 3.63) is 108 Å². The van der Waals surface area contributed by atoms with Crippen LogP contribution in [0.25, 0.3) is 44.2 Å². The lowest BCUT2D eigenvalue weighted by molar-refractivity contribution is -0.136. The zero-order valence-electron chi connectivity index (χ0n) is 34.6. The molecule has 61 heavy (non-hydrogen) atoms. The summed E-state index contributed by atoms with van der Waals surface area (Å²) in [5.41, 5.74) is 6.06. The number of hydrogen-bond acceptors (Lipinski definition) is 8. The number of hydrogen-bond donors (Lipinski definition) is 5. The van der Waals surface area contributed by atoms with Gasteiger partial charge in [-0.15, -0.1) is 0 Å². The van der Waals surface area contributed by atoms with Gasteiger partial charge in [-0.3, -0.25) is 9.59 Å². The smallest absolute Gasteiger partial charge is 0.407 e. The van der Waals surface area contributed by atoms with Gasteiger partial charge >= 0.3 is 12.2 Å². The van der Waals surface area contributed by atoms with Crippen molar-refractivity contribution in [1.82, 2.24) is 40.4 Å². The SMILES string of the molecule is COC[C@H]1C[C@@H](c2nc3c(ccc4cc(-c5ccc(-c6cnc([C@@H]7CCCN7C(=O)[C@@H](NC(=O)OC)C(C)C)[nH]6)cc5)ccc43)[nH]2)N(C(=O)[C@H](NC(=O)O)c2ccccc2)C1. The molecular weight excluding hydrogens is 777 g/mol. The largest absolute Gasteiger partial charge is 0.465 e. The first-order valence-electron chi connectivity index (χ1n) is 20.6. The number of H-pyrrole nitrogens is 2. The first-order valence-corrected chi connectivity index (χ1v) is 20.6. The van der Waals surface area contributed by atoms with Gasteiger partial charge in [0.15, 0.2) is 0 Å². The number of nitrogens with one attached hydrogen (secondary N) is 4. The Morgan fingerprint density at radius 1 is 0.852 bits per heavy atom. The molecule has 0 unspecified atom stereocenters. The molecule has 2 aliphatic rings. The molecule has 0 bridgehead atoms. The van der Waals surface area contributed by atoms with Gasteiger partial charge in [0.05, 0.1) is 48.7 Å². The summed E-state index contributed by atoms with van der Waals surface area (Å²) in [7, 11) is 2.92. The fourth-order valence-corrected chi connectivity index (χ4v) is 8.85. The van der Waals surface area contributed by atoms with Crippen molar-refractivity contribution in [2.24, 2.45) is 11.8 Å². The second-order valence-corrected chi connectivity index (χ2v) is 16.2. The Morgan fingerprint density at radius 3 is 2.33 bits per heavy atom. The monoisotopic (exact) mass is 826 g/mol. The van der Waals surface area contributed by atoms with Gasteiger partial charge in [-0.2, -0.15) is 0 Å². The zero-order chi connectivity index (χ0) is 42.8. The van der Waals surface area contributed by atoms with Gasteiger partial charge in [0, 0.05) is 31.5 Å². The minimum absolute atomic E-state index is 0.0450. The summed E-state index contributed by atoms with van der Waals surface area (Å²) in [6.45, 7) is 5.23. The average Bonchev–Trinajstić information content (AvgIpc) is 4.10. The molecule has 15 nitrogen and oxygen atoms in total. The Balaban J connectivity index is 1.01. The number of aromatic amines is 2. The maximum atomic E-state index is 14.2.